The molecule has 0 atom stereocenters. The Kier molecular flexibility index (Phi) is 2.18. The van der Waals surface area contributed by atoms with E-state index >= 15 is 0 Å². The second kappa shape index (κ2) is 3.86. The lowest BCUT2D eigenvalue weighted by atomic mass is 10.2. The van der Waals surface area contributed by atoms with Crippen LogP contribution in [0.2, 0.25) is 0 Å². The van der Waals surface area contributed by atoms with Gasteiger partial charge in [0.2, 0.25) is 0 Å². The Hall–Kier alpha value is -1.78. The molecule has 0 amide bonds. The SMILES string of the molecule is [c]1c(-c2nc3ccccc3s2)ccc2ncsc12. The van der Waals surface area contributed by atoms with Crippen LogP contribution in [0.1, 0.15) is 0 Å². The molecular formula is C14H7N2S2. The fraction of sp³-hybridized carbons (Fsp3) is 0. The Morgan fingerprint density at radius 3 is 2.89 bits per heavy atom. The zero-order valence-electron chi connectivity index (χ0n) is 9.25. The summed E-state index contributed by atoms with van der Waals surface area (Å²) in [5.74, 6) is 0. The average molecular weight is 267 g/mol. The van der Waals surface area contributed by atoms with Crippen molar-refractivity contribution in [2.75, 3.05) is 0 Å². The van der Waals surface area contributed by atoms with Crippen molar-refractivity contribution < 1.29 is 0 Å². The molecule has 0 spiro atoms. The van der Waals surface area contributed by atoms with E-state index in [1.807, 2.05) is 35.8 Å². The van der Waals surface area contributed by atoms with Crippen molar-refractivity contribution in [3.05, 3.63) is 48.0 Å². The molecule has 1 radical (unpaired) electrons. The lowest BCUT2D eigenvalue weighted by Crippen LogP contribution is -1.76. The number of hydrogen-bond acceptors (Lipinski definition) is 4. The molecule has 2 aromatic carbocycles. The molecule has 85 valence electrons. The van der Waals surface area contributed by atoms with Crippen LogP contribution in [0.3, 0.4) is 0 Å². The summed E-state index contributed by atoms with van der Waals surface area (Å²) < 4.78 is 2.30. The summed E-state index contributed by atoms with van der Waals surface area (Å²) in [5, 5.41) is 1.02. The third-order valence-corrected chi connectivity index (χ3v) is 4.60. The molecule has 0 unspecified atom stereocenters. The van der Waals surface area contributed by atoms with Crippen LogP contribution in [0, 0.1) is 6.07 Å². The molecule has 4 rings (SSSR count). The molecule has 2 nitrogen and oxygen atoms in total. The van der Waals surface area contributed by atoms with Gasteiger partial charge in [0.15, 0.2) is 0 Å². The Labute approximate surface area is 112 Å². The van der Waals surface area contributed by atoms with Gasteiger partial charge >= 0.3 is 0 Å². The summed E-state index contributed by atoms with van der Waals surface area (Å²) in [6.07, 6.45) is 0. The molecule has 0 saturated heterocycles. The van der Waals surface area contributed by atoms with Gasteiger partial charge in [-0.25, -0.2) is 9.97 Å². The fourth-order valence-corrected chi connectivity index (χ4v) is 3.53. The molecule has 0 fully saturated rings. The van der Waals surface area contributed by atoms with E-state index in [4.69, 9.17) is 0 Å². The highest BCUT2D eigenvalue weighted by Crippen LogP contribution is 2.31. The Morgan fingerprint density at radius 1 is 1.00 bits per heavy atom. The van der Waals surface area contributed by atoms with E-state index in [0.717, 1.165) is 26.3 Å². The van der Waals surface area contributed by atoms with Gasteiger partial charge in [-0.1, -0.05) is 12.1 Å². The van der Waals surface area contributed by atoms with Gasteiger partial charge in [-0.2, -0.15) is 0 Å². The smallest absolute Gasteiger partial charge is 0.125 e. The summed E-state index contributed by atoms with van der Waals surface area (Å²) in [4.78, 5) is 8.91. The van der Waals surface area contributed by atoms with Crippen LogP contribution in [0.15, 0.2) is 41.9 Å². The normalized spacial score (nSPS) is 11.3. The molecule has 0 aliphatic rings. The van der Waals surface area contributed by atoms with Gasteiger partial charge < -0.3 is 0 Å². The summed E-state index contributed by atoms with van der Waals surface area (Å²) in [5.41, 5.74) is 4.96. The number of benzene rings is 2. The topological polar surface area (TPSA) is 25.8 Å². The standard InChI is InChI=1S/C14H7N2S2/c1-2-4-12-11(3-1)16-14(18-12)9-5-6-10-13(7-9)17-8-15-10/h1-6,8H. The largest absolute Gasteiger partial charge is 0.245 e. The van der Waals surface area contributed by atoms with Gasteiger partial charge in [-0.15, -0.1) is 22.7 Å². The second-order valence-electron chi connectivity index (χ2n) is 3.93. The van der Waals surface area contributed by atoms with Crippen LogP contribution in [0.5, 0.6) is 0 Å². The minimum Gasteiger partial charge on any atom is -0.245 e. The lowest BCUT2D eigenvalue weighted by Gasteiger charge is -1.94. The Balaban J connectivity index is 1.94. The van der Waals surface area contributed by atoms with Crippen LogP contribution < -0.4 is 0 Å². The maximum Gasteiger partial charge on any atom is 0.125 e. The quantitative estimate of drug-likeness (QED) is 0.511. The number of fused-ring (bicyclic) bond motifs is 2. The molecule has 0 aliphatic heterocycles. The third-order valence-electron chi connectivity index (χ3n) is 2.78. The van der Waals surface area contributed by atoms with E-state index in [-0.39, 0.29) is 0 Å². The zero-order valence-corrected chi connectivity index (χ0v) is 10.9. The van der Waals surface area contributed by atoms with E-state index in [9.17, 15) is 0 Å². The third kappa shape index (κ3) is 1.54. The number of thiazole rings is 2. The maximum atomic E-state index is 4.65. The maximum absolute atomic E-state index is 4.65. The molecule has 0 bridgehead atoms. The highest BCUT2D eigenvalue weighted by atomic mass is 32.1. The lowest BCUT2D eigenvalue weighted by molar-refractivity contribution is 1.47. The summed E-state index contributed by atoms with van der Waals surface area (Å²) >= 11 is 3.32. The highest BCUT2D eigenvalue weighted by molar-refractivity contribution is 7.21. The van der Waals surface area contributed by atoms with Gasteiger partial charge in [-0.05, 0) is 24.3 Å². The molecular weight excluding hydrogens is 260 g/mol. The van der Waals surface area contributed by atoms with E-state index in [1.54, 1.807) is 22.7 Å². The highest BCUT2D eigenvalue weighted by Gasteiger charge is 2.07. The predicted octanol–water partition coefficient (Wildman–Crippen LogP) is 4.37. The first-order chi connectivity index (χ1) is 8.90. The first-order valence-corrected chi connectivity index (χ1v) is 7.21. The van der Waals surface area contributed by atoms with Crippen LogP contribution in [0.25, 0.3) is 31.0 Å². The summed E-state index contributed by atoms with van der Waals surface area (Å²) in [7, 11) is 0. The second-order valence-corrected chi connectivity index (χ2v) is 5.81. The Morgan fingerprint density at radius 2 is 1.94 bits per heavy atom. The molecule has 0 aliphatic carbocycles. The van der Waals surface area contributed by atoms with Crippen molar-refractivity contribution in [1.29, 1.82) is 0 Å². The molecule has 0 N–H and O–H groups in total. The number of hydrogen-bond donors (Lipinski definition) is 0. The van der Waals surface area contributed by atoms with Crippen molar-refractivity contribution in [3.8, 4) is 10.6 Å². The van der Waals surface area contributed by atoms with Gasteiger partial charge in [0.1, 0.15) is 5.01 Å². The first-order valence-electron chi connectivity index (χ1n) is 5.52. The van der Waals surface area contributed by atoms with Crippen molar-refractivity contribution in [1.82, 2.24) is 9.97 Å². The van der Waals surface area contributed by atoms with Crippen molar-refractivity contribution in [2.45, 2.75) is 0 Å². The van der Waals surface area contributed by atoms with Crippen LogP contribution >= 0.6 is 22.7 Å². The number of nitrogens with zero attached hydrogens (tertiary/aromatic N) is 2. The molecule has 18 heavy (non-hydrogen) atoms. The fourth-order valence-electron chi connectivity index (χ4n) is 1.91. The summed E-state index contributed by atoms with van der Waals surface area (Å²) in [6, 6.07) is 15.7. The van der Waals surface area contributed by atoms with Crippen molar-refractivity contribution in [2.24, 2.45) is 0 Å². The van der Waals surface area contributed by atoms with Crippen LogP contribution in [0.4, 0.5) is 0 Å². The van der Waals surface area contributed by atoms with Crippen LogP contribution in [-0.4, -0.2) is 9.97 Å². The average Bonchev–Trinajstić information content (AvgIpc) is 3.04. The van der Waals surface area contributed by atoms with E-state index in [0.29, 0.717) is 0 Å². The predicted molar refractivity (Wildman–Crippen MR) is 77.1 cm³/mol. The molecule has 2 heterocycles. The van der Waals surface area contributed by atoms with E-state index in [1.165, 1.54) is 4.70 Å². The minimum absolute atomic E-state index is 1.00. The van der Waals surface area contributed by atoms with E-state index < -0.39 is 0 Å². The summed E-state index contributed by atoms with van der Waals surface area (Å²) in [6.45, 7) is 0. The Bertz CT molecular complexity index is 812. The van der Waals surface area contributed by atoms with Crippen LogP contribution in [-0.2, 0) is 0 Å². The van der Waals surface area contributed by atoms with Crippen molar-refractivity contribution in [3.63, 3.8) is 0 Å². The van der Waals surface area contributed by atoms with Gasteiger partial charge in [0.05, 0.1) is 25.9 Å². The molecule has 2 aromatic heterocycles. The number of aromatic nitrogens is 2. The molecule has 4 heteroatoms. The van der Waals surface area contributed by atoms with Crippen molar-refractivity contribution >= 4 is 43.1 Å². The zero-order chi connectivity index (χ0) is 11.9. The van der Waals surface area contributed by atoms with E-state index in [2.05, 4.69) is 22.1 Å². The van der Waals surface area contributed by atoms with Gasteiger partial charge in [0, 0.05) is 11.6 Å². The van der Waals surface area contributed by atoms with Gasteiger partial charge in [-0.3, -0.25) is 0 Å². The van der Waals surface area contributed by atoms with Gasteiger partial charge in [0.25, 0.3) is 0 Å². The monoisotopic (exact) mass is 267 g/mol. The minimum atomic E-state index is 1.00. The first kappa shape index (κ1) is 10.2. The molecule has 0 saturated carbocycles. The number of para-hydroxylation sites is 1. The number of rotatable bonds is 1. The molecule has 4 aromatic rings.